The van der Waals surface area contributed by atoms with Gasteiger partial charge in [-0.1, -0.05) is 70.2 Å². The van der Waals surface area contributed by atoms with Gasteiger partial charge in [-0.25, -0.2) is 0 Å². The van der Waals surface area contributed by atoms with E-state index in [4.69, 9.17) is 0 Å². The standard InChI is InChI=1S/C26H28O/c1-5-16(3)21-12-19-7-8-20-13-22(17(4)6-2)15-24-18(9-10-27)11-23(14-21)25(19)26(20)24/h7-8,10-17H,5-6,9H2,1-4H3. The van der Waals surface area contributed by atoms with Gasteiger partial charge in [-0.05, 0) is 73.7 Å². The van der Waals surface area contributed by atoms with Crippen molar-refractivity contribution >= 4 is 38.6 Å². The summed E-state index contributed by atoms with van der Waals surface area (Å²) in [7, 11) is 0. The molecule has 1 nitrogen and oxygen atoms in total. The van der Waals surface area contributed by atoms with Crippen molar-refractivity contribution in [1.29, 1.82) is 0 Å². The van der Waals surface area contributed by atoms with Gasteiger partial charge < -0.3 is 4.79 Å². The maximum Gasteiger partial charge on any atom is 0.124 e. The van der Waals surface area contributed by atoms with Gasteiger partial charge in [0.2, 0.25) is 0 Å². The first kappa shape index (κ1) is 18.0. The van der Waals surface area contributed by atoms with Gasteiger partial charge in [0, 0.05) is 6.42 Å². The molecule has 138 valence electrons. The number of benzene rings is 4. The topological polar surface area (TPSA) is 17.1 Å². The molecular weight excluding hydrogens is 328 g/mol. The zero-order chi connectivity index (χ0) is 19.1. The zero-order valence-electron chi connectivity index (χ0n) is 16.8. The fourth-order valence-corrected chi connectivity index (χ4v) is 4.34. The molecule has 27 heavy (non-hydrogen) atoms. The molecule has 2 atom stereocenters. The van der Waals surface area contributed by atoms with E-state index in [0.717, 1.165) is 24.7 Å². The molecule has 0 radical (unpaired) electrons. The van der Waals surface area contributed by atoms with E-state index in [1.165, 1.54) is 43.4 Å². The summed E-state index contributed by atoms with van der Waals surface area (Å²) in [5.41, 5.74) is 3.91. The Hall–Kier alpha value is -2.41. The van der Waals surface area contributed by atoms with Gasteiger partial charge in [-0.15, -0.1) is 0 Å². The fourth-order valence-electron chi connectivity index (χ4n) is 4.34. The Morgan fingerprint density at radius 3 is 1.93 bits per heavy atom. The van der Waals surface area contributed by atoms with Crippen LogP contribution in [-0.2, 0) is 11.2 Å². The van der Waals surface area contributed by atoms with Crippen LogP contribution in [0.25, 0.3) is 32.3 Å². The summed E-state index contributed by atoms with van der Waals surface area (Å²) in [5, 5.41) is 7.81. The Balaban J connectivity index is 2.13. The minimum absolute atomic E-state index is 0.475. The summed E-state index contributed by atoms with van der Waals surface area (Å²) >= 11 is 0. The summed E-state index contributed by atoms with van der Waals surface area (Å²) in [6.45, 7) is 9.04. The Kier molecular flexibility index (Phi) is 4.63. The van der Waals surface area contributed by atoms with Crippen molar-refractivity contribution in [2.45, 2.75) is 58.8 Å². The number of hydrogen-bond donors (Lipinski definition) is 0. The molecule has 0 heterocycles. The molecule has 4 rings (SSSR count). The van der Waals surface area contributed by atoms with Crippen LogP contribution in [0.1, 0.15) is 69.1 Å². The molecule has 4 aromatic carbocycles. The minimum atomic E-state index is 0.475. The molecule has 0 fully saturated rings. The molecule has 1 heteroatoms. The predicted molar refractivity (Wildman–Crippen MR) is 117 cm³/mol. The Morgan fingerprint density at radius 1 is 0.778 bits per heavy atom. The normalized spacial score (nSPS) is 14.2. The monoisotopic (exact) mass is 356 g/mol. The Labute approximate surface area is 161 Å². The molecule has 0 bridgehead atoms. The van der Waals surface area contributed by atoms with Crippen LogP contribution >= 0.6 is 0 Å². The molecule has 0 aliphatic rings. The molecule has 0 spiro atoms. The average Bonchev–Trinajstić information content (AvgIpc) is 2.70. The van der Waals surface area contributed by atoms with Crippen molar-refractivity contribution in [2.24, 2.45) is 0 Å². The van der Waals surface area contributed by atoms with E-state index in [2.05, 4.69) is 70.2 Å². The third-order valence-corrected chi connectivity index (χ3v) is 6.45. The van der Waals surface area contributed by atoms with Crippen molar-refractivity contribution in [2.75, 3.05) is 0 Å². The Bertz CT molecular complexity index is 1120. The van der Waals surface area contributed by atoms with Crippen molar-refractivity contribution < 1.29 is 4.79 Å². The molecule has 0 amide bonds. The van der Waals surface area contributed by atoms with Crippen molar-refractivity contribution in [3.63, 3.8) is 0 Å². The van der Waals surface area contributed by atoms with E-state index in [9.17, 15) is 4.79 Å². The van der Waals surface area contributed by atoms with Crippen molar-refractivity contribution in [3.8, 4) is 0 Å². The predicted octanol–water partition coefficient (Wildman–Crippen LogP) is 7.35. The third-order valence-electron chi connectivity index (χ3n) is 6.45. The zero-order valence-corrected chi connectivity index (χ0v) is 16.8. The minimum Gasteiger partial charge on any atom is -0.303 e. The second-order valence-corrected chi connectivity index (χ2v) is 8.10. The maximum atomic E-state index is 11.4. The van der Waals surface area contributed by atoms with Crippen LogP contribution in [0.5, 0.6) is 0 Å². The van der Waals surface area contributed by atoms with E-state index in [1.807, 2.05) is 0 Å². The van der Waals surface area contributed by atoms with Crippen LogP contribution < -0.4 is 0 Å². The molecular formula is C26H28O. The molecule has 0 saturated heterocycles. The van der Waals surface area contributed by atoms with Gasteiger partial charge in [-0.2, -0.15) is 0 Å². The highest BCUT2D eigenvalue weighted by molar-refractivity contribution is 6.24. The van der Waals surface area contributed by atoms with Crippen LogP contribution in [-0.4, -0.2) is 6.29 Å². The molecule has 0 N–H and O–H groups in total. The largest absolute Gasteiger partial charge is 0.303 e. The smallest absolute Gasteiger partial charge is 0.124 e. The van der Waals surface area contributed by atoms with Gasteiger partial charge in [-0.3, -0.25) is 0 Å². The first-order chi connectivity index (χ1) is 13.1. The molecule has 0 aromatic heterocycles. The van der Waals surface area contributed by atoms with Crippen molar-refractivity contribution in [3.05, 3.63) is 59.2 Å². The molecule has 2 unspecified atom stereocenters. The van der Waals surface area contributed by atoms with Gasteiger partial charge in [0.1, 0.15) is 6.29 Å². The third kappa shape index (κ3) is 2.90. The Morgan fingerprint density at radius 2 is 1.33 bits per heavy atom. The quantitative estimate of drug-likeness (QED) is 0.261. The van der Waals surface area contributed by atoms with E-state index >= 15 is 0 Å². The lowest BCUT2D eigenvalue weighted by molar-refractivity contribution is -0.107. The molecule has 4 aromatic rings. The van der Waals surface area contributed by atoms with Gasteiger partial charge in [0.15, 0.2) is 0 Å². The maximum absolute atomic E-state index is 11.4. The van der Waals surface area contributed by atoms with Gasteiger partial charge >= 0.3 is 0 Å². The first-order valence-electron chi connectivity index (χ1n) is 10.3. The van der Waals surface area contributed by atoms with E-state index in [1.54, 1.807) is 0 Å². The van der Waals surface area contributed by atoms with E-state index in [-0.39, 0.29) is 0 Å². The molecule has 0 saturated carbocycles. The summed E-state index contributed by atoms with van der Waals surface area (Å²) in [5.74, 6) is 1.06. The lowest BCUT2D eigenvalue weighted by atomic mass is 9.85. The second kappa shape index (κ2) is 6.96. The highest BCUT2D eigenvalue weighted by Gasteiger charge is 2.16. The van der Waals surface area contributed by atoms with Crippen LogP contribution in [0.2, 0.25) is 0 Å². The number of hydrogen-bond acceptors (Lipinski definition) is 1. The number of carbonyl (C=O) groups excluding carboxylic acids is 1. The lowest BCUT2D eigenvalue weighted by Crippen LogP contribution is -1.98. The van der Waals surface area contributed by atoms with E-state index in [0.29, 0.717) is 18.3 Å². The van der Waals surface area contributed by atoms with Crippen molar-refractivity contribution in [1.82, 2.24) is 0 Å². The molecule has 0 aliphatic heterocycles. The summed E-state index contributed by atoms with van der Waals surface area (Å²) in [4.78, 5) is 11.4. The highest BCUT2D eigenvalue weighted by atomic mass is 16.1. The average molecular weight is 357 g/mol. The fraction of sp³-hybridized carbons (Fsp3) is 0.346. The lowest BCUT2D eigenvalue weighted by Gasteiger charge is -2.19. The number of rotatable bonds is 6. The van der Waals surface area contributed by atoms with Crippen LogP contribution in [0.4, 0.5) is 0 Å². The van der Waals surface area contributed by atoms with Gasteiger partial charge in [0.25, 0.3) is 0 Å². The van der Waals surface area contributed by atoms with Gasteiger partial charge in [0.05, 0.1) is 0 Å². The number of carbonyl (C=O) groups is 1. The first-order valence-corrected chi connectivity index (χ1v) is 10.3. The summed E-state index contributed by atoms with van der Waals surface area (Å²) < 4.78 is 0. The van der Waals surface area contributed by atoms with Crippen LogP contribution in [0.3, 0.4) is 0 Å². The molecule has 0 aliphatic carbocycles. The number of aldehydes is 1. The van der Waals surface area contributed by atoms with E-state index < -0.39 is 0 Å². The SMILES string of the molecule is CCC(C)c1cc2ccc3cc(C(C)CC)cc4c(CC=O)cc(c1)c2c34. The summed E-state index contributed by atoms with van der Waals surface area (Å²) in [6.07, 6.45) is 3.77. The highest BCUT2D eigenvalue weighted by Crippen LogP contribution is 2.40. The summed E-state index contributed by atoms with van der Waals surface area (Å²) in [6, 6.07) is 16.2. The van der Waals surface area contributed by atoms with Crippen LogP contribution in [0, 0.1) is 0 Å². The van der Waals surface area contributed by atoms with Crippen LogP contribution in [0.15, 0.2) is 42.5 Å². The second-order valence-electron chi connectivity index (χ2n) is 8.10.